The van der Waals surface area contributed by atoms with Crippen molar-refractivity contribution in [3.05, 3.63) is 35.1 Å². The Labute approximate surface area is 230 Å². The zero-order valence-corrected chi connectivity index (χ0v) is 24.4. The van der Waals surface area contributed by atoms with Gasteiger partial charge in [-0.2, -0.15) is 5.26 Å². The van der Waals surface area contributed by atoms with Crippen molar-refractivity contribution in [2.75, 3.05) is 6.61 Å². The summed E-state index contributed by atoms with van der Waals surface area (Å²) in [5, 5.41) is 8.99. The van der Waals surface area contributed by atoms with Crippen LogP contribution in [0.1, 0.15) is 140 Å². The first-order chi connectivity index (χ1) is 18.3. The van der Waals surface area contributed by atoms with E-state index in [2.05, 4.69) is 11.4 Å². The van der Waals surface area contributed by atoms with Crippen LogP contribution in [0.15, 0.2) is 18.2 Å². The Bertz CT molecular complexity index is 810. The number of nitriles is 1. The Kier molecular flexibility index (Phi) is 20.6. The predicted molar refractivity (Wildman–Crippen MR) is 151 cm³/mol. The van der Waals surface area contributed by atoms with E-state index in [1.165, 1.54) is 102 Å². The summed E-state index contributed by atoms with van der Waals surface area (Å²) in [4.78, 5) is 18.1. The maximum absolute atomic E-state index is 13.6. The van der Waals surface area contributed by atoms with Crippen molar-refractivity contribution in [2.45, 2.75) is 142 Å². The molecule has 218 valence electrons. The molecule has 1 rings (SSSR count). The molecule has 1 aromatic rings. The molecule has 38 heavy (non-hydrogen) atoms. The normalized spacial score (nSPS) is 12.5. The molecule has 0 aliphatic heterocycles. The van der Waals surface area contributed by atoms with E-state index < -0.39 is 19.7 Å². The molecule has 0 unspecified atom stereocenters. The van der Waals surface area contributed by atoms with Crippen LogP contribution in [0.4, 0.5) is 4.39 Å². The highest BCUT2D eigenvalue weighted by Gasteiger charge is 2.19. The summed E-state index contributed by atoms with van der Waals surface area (Å²) in [6.07, 6.45) is 23.4. The van der Waals surface area contributed by atoms with Gasteiger partial charge in [0, 0.05) is 0 Å². The first-order valence-corrected chi connectivity index (χ1v) is 16.4. The van der Waals surface area contributed by atoms with Gasteiger partial charge in [-0.25, -0.2) is 8.96 Å². The van der Waals surface area contributed by atoms with Crippen LogP contribution in [-0.4, -0.2) is 22.5 Å². The summed E-state index contributed by atoms with van der Waals surface area (Å²) < 4.78 is 35.2. The topological polar surface area (TPSA) is 99.8 Å². The van der Waals surface area contributed by atoms with E-state index in [-0.39, 0.29) is 18.8 Å². The van der Waals surface area contributed by atoms with E-state index in [0.717, 1.165) is 25.3 Å². The van der Waals surface area contributed by atoms with Gasteiger partial charge >= 0.3 is 7.82 Å². The van der Waals surface area contributed by atoms with Crippen molar-refractivity contribution in [3.63, 3.8) is 0 Å². The van der Waals surface area contributed by atoms with Crippen LogP contribution < -0.4 is 0 Å². The maximum Gasteiger partial charge on any atom is 0.469 e. The van der Waals surface area contributed by atoms with Gasteiger partial charge in [0.1, 0.15) is 5.82 Å². The highest BCUT2D eigenvalue weighted by molar-refractivity contribution is 7.46. The quantitative estimate of drug-likeness (QED) is 0.0922. The Hall–Kier alpha value is -1.29. The molecule has 6 nitrogen and oxygen atoms in total. The van der Waals surface area contributed by atoms with Crippen molar-refractivity contribution in [2.24, 2.45) is 0 Å². The van der Waals surface area contributed by atoms with Crippen LogP contribution in [-0.2, 0) is 20.4 Å². The Morgan fingerprint density at radius 1 is 0.816 bits per heavy atom. The summed E-state index contributed by atoms with van der Waals surface area (Å²) in [7, 11) is -4.60. The molecule has 0 aliphatic carbocycles. The second-order valence-electron chi connectivity index (χ2n) is 10.5. The number of nitrogens with zero attached hydrogens (tertiary/aromatic N) is 1. The highest BCUT2D eigenvalue weighted by atomic mass is 31.2. The van der Waals surface area contributed by atoms with Gasteiger partial charge < -0.3 is 14.5 Å². The number of phosphoric ester groups is 1. The van der Waals surface area contributed by atoms with E-state index in [9.17, 15) is 8.96 Å². The summed E-state index contributed by atoms with van der Waals surface area (Å²) in [5.41, 5.74) is 0.704. The van der Waals surface area contributed by atoms with Crippen molar-refractivity contribution in [3.8, 4) is 6.07 Å². The van der Waals surface area contributed by atoms with Crippen molar-refractivity contribution in [1.29, 1.82) is 5.26 Å². The molecule has 0 bridgehead atoms. The third-order valence-corrected chi connectivity index (χ3v) is 7.37. The van der Waals surface area contributed by atoms with Crippen LogP contribution >= 0.6 is 7.82 Å². The fourth-order valence-electron chi connectivity index (χ4n) is 4.68. The minimum absolute atomic E-state index is 0.0423. The zero-order chi connectivity index (χ0) is 27.9. The van der Waals surface area contributed by atoms with Gasteiger partial charge in [-0.05, 0) is 30.2 Å². The lowest BCUT2D eigenvalue weighted by molar-refractivity contribution is -0.00383. The molecule has 0 radical (unpaired) electrons. The molecule has 0 heterocycles. The number of hydrogen-bond donors (Lipinski definition) is 2. The summed E-state index contributed by atoms with van der Waals surface area (Å²) in [6, 6.07) is 5.89. The molecule has 0 aromatic heterocycles. The number of halogens is 1. The molecule has 0 spiro atoms. The van der Waals surface area contributed by atoms with E-state index in [0.29, 0.717) is 12.0 Å². The van der Waals surface area contributed by atoms with Gasteiger partial charge in [-0.3, -0.25) is 4.52 Å². The van der Waals surface area contributed by atoms with Crippen LogP contribution in [0.3, 0.4) is 0 Å². The summed E-state index contributed by atoms with van der Waals surface area (Å²) in [5.74, 6) is -0.519. The average molecular weight is 556 g/mol. The monoisotopic (exact) mass is 555 g/mol. The van der Waals surface area contributed by atoms with E-state index >= 15 is 0 Å². The van der Waals surface area contributed by atoms with Gasteiger partial charge in [0.15, 0.2) is 0 Å². The second kappa shape index (κ2) is 22.5. The third-order valence-electron chi connectivity index (χ3n) is 6.88. The first-order valence-electron chi connectivity index (χ1n) is 14.8. The number of hydrogen-bond acceptors (Lipinski definition) is 4. The predicted octanol–water partition coefficient (Wildman–Crippen LogP) is 9.12. The third kappa shape index (κ3) is 20.6. The second-order valence-corrected chi connectivity index (χ2v) is 11.7. The van der Waals surface area contributed by atoms with E-state index in [1.807, 2.05) is 6.07 Å². The number of ether oxygens (including phenoxy) is 1. The molecule has 8 heteroatoms. The lowest BCUT2D eigenvalue weighted by Crippen LogP contribution is -2.19. The van der Waals surface area contributed by atoms with Crippen molar-refractivity contribution >= 4 is 7.82 Å². The van der Waals surface area contributed by atoms with Crippen LogP contribution in [0, 0.1) is 17.1 Å². The molecule has 0 saturated heterocycles. The molecule has 0 amide bonds. The molecular formula is C30H51FNO5P. The largest absolute Gasteiger partial charge is 0.469 e. The zero-order valence-electron chi connectivity index (χ0n) is 23.6. The van der Waals surface area contributed by atoms with Crippen LogP contribution in [0.5, 0.6) is 0 Å². The highest BCUT2D eigenvalue weighted by Crippen LogP contribution is 2.36. The number of unbranched alkanes of at least 4 members (excludes halogenated alkanes) is 17. The molecule has 0 fully saturated rings. The van der Waals surface area contributed by atoms with Crippen molar-refractivity contribution < 1.29 is 28.0 Å². The molecule has 1 aromatic carbocycles. The fraction of sp³-hybridized carbons (Fsp3) is 0.767. The van der Waals surface area contributed by atoms with Gasteiger partial charge in [0.25, 0.3) is 0 Å². The standard InChI is InChI=1S/C30H51FNO5P/c1-2-3-4-5-6-7-8-9-10-11-12-13-14-15-16-17-18-19-20-30(26-37-38(33,34)35)36-25-28-21-27(24-32)22-29(31)23-28/h21-23,30H,2-20,25-26H2,1H3,(H2,33,34,35)/t30-/m0/s1. The summed E-state index contributed by atoms with van der Waals surface area (Å²) in [6.45, 7) is 2.07. The van der Waals surface area contributed by atoms with Crippen LogP contribution in [0.2, 0.25) is 0 Å². The maximum atomic E-state index is 13.6. The Balaban J connectivity index is 2.09. The minimum atomic E-state index is -4.60. The number of rotatable bonds is 25. The fourth-order valence-corrected chi connectivity index (χ4v) is 5.04. The van der Waals surface area contributed by atoms with Gasteiger partial charge in [-0.1, -0.05) is 122 Å². The Morgan fingerprint density at radius 2 is 1.29 bits per heavy atom. The molecule has 0 aliphatic rings. The van der Waals surface area contributed by atoms with E-state index in [4.69, 9.17) is 19.8 Å². The van der Waals surface area contributed by atoms with Crippen molar-refractivity contribution in [1.82, 2.24) is 0 Å². The lowest BCUT2D eigenvalue weighted by atomic mass is 10.0. The molecule has 2 N–H and O–H groups in total. The Morgan fingerprint density at radius 3 is 1.74 bits per heavy atom. The number of phosphoric acid groups is 1. The van der Waals surface area contributed by atoms with Crippen LogP contribution in [0.25, 0.3) is 0 Å². The van der Waals surface area contributed by atoms with Gasteiger partial charge in [-0.15, -0.1) is 0 Å². The average Bonchev–Trinajstić information content (AvgIpc) is 2.88. The summed E-state index contributed by atoms with van der Waals surface area (Å²) >= 11 is 0. The smallest absolute Gasteiger partial charge is 0.371 e. The molecule has 1 atom stereocenters. The lowest BCUT2D eigenvalue weighted by Gasteiger charge is -2.18. The first kappa shape index (κ1) is 34.7. The molecular weight excluding hydrogens is 504 g/mol. The van der Waals surface area contributed by atoms with E-state index in [1.54, 1.807) is 6.07 Å². The SMILES string of the molecule is CCCCCCCCCCCCCCCCCCCC[C@@H](COP(=O)(O)O)OCc1cc(F)cc(C#N)c1. The minimum Gasteiger partial charge on any atom is -0.371 e. The molecule has 0 saturated carbocycles. The number of benzene rings is 1. The van der Waals surface area contributed by atoms with Gasteiger partial charge in [0.05, 0.1) is 31.0 Å². The van der Waals surface area contributed by atoms with Gasteiger partial charge in [0.2, 0.25) is 0 Å².